The van der Waals surface area contributed by atoms with Gasteiger partial charge in [-0.3, -0.25) is 9.88 Å². The molecule has 5 nitrogen and oxygen atoms in total. The summed E-state index contributed by atoms with van der Waals surface area (Å²) in [5, 5.41) is 0. The Labute approximate surface area is 156 Å². The van der Waals surface area contributed by atoms with Gasteiger partial charge in [-0.25, -0.2) is 13.1 Å². The molecule has 1 aliphatic rings. The molecular formula is C20H27N3O2S. The number of rotatable bonds is 5. The molecule has 1 fully saturated rings. The van der Waals surface area contributed by atoms with E-state index in [0.29, 0.717) is 11.3 Å². The first-order valence-electron chi connectivity index (χ1n) is 9.05. The zero-order valence-corrected chi connectivity index (χ0v) is 16.5. The quantitative estimate of drug-likeness (QED) is 0.872. The summed E-state index contributed by atoms with van der Waals surface area (Å²) < 4.78 is 28.3. The van der Waals surface area contributed by atoms with E-state index in [4.69, 9.17) is 0 Å². The van der Waals surface area contributed by atoms with E-state index in [1.54, 1.807) is 18.2 Å². The van der Waals surface area contributed by atoms with Gasteiger partial charge >= 0.3 is 0 Å². The fourth-order valence-corrected chi connectivity index (χ4v) is 4.88. The van der Waals surface area contributed by atoms with Crippen molar-refractivity contribution in [3.8, 4) is 11.3 Å². The summed E-state index contributed by atoms with van der Waals surface area (Å²) in [4.78, 5) is 7.22. The molecule has 3 rings (SSSR count). The highest BCUT2D eigenvalue weighted by atomic mass is 32.2. The van der Waals surface area contributed by atoms with E-state index in [9.17, 15) is 8.42 Å². The minimum atomic E-state index is -3.62. The lowest BCUT2D eigenvalue weighted by atomic mass is 10.1. The second-order valence-corrected chi connectivity index (χ2v) is 9.54. The number of hydrogen-bond acceptors (Lipinski definition) is 4. The second kappa shape index (κ2) is 7.47. The maximum absolute atomic E-state index is 12.8. The molecule has 0 unspecified atom stereocenters. The molecule has 0 radical (unpaired) electrons. The number of aromatic nitrogens is 1. The van der Waals surface area contributed by atoms with Crippen LogP contribution < -0.4 is 4.72 Å². The minimum Gasteiger partial charge on any atom is -0.299 e. The number of likely N-dealkylation sites (tertiary alicyclic amines) is 1. The molecule has 0 spiro atoms. The number of pyridine rings is 1. The highest BCUT2D eigenvalue weighted by molar-refractivity contribution is 7.89. The maximum Gasteiger partial charge on any atom is 0.241 e. The molecule has 26 heavy (non-hydrogen) atoms. The van der Waals surface area contributed by atoms with E-state index in [1.807, 2.05) is 45.2 Å². The van der Waals surface area contributed by atoms with Crippen molar-refractivity contribution < 1.29 is 8.42 Å². The topological polar surface area (TPSA) is 62.3 Å². The zero-order chi connectivity index (χ0) is 18.8. The molecule has 0 saturated carbocycles. The molecule has 2 heterocycles. The third-order valence-electron chi connectivity index (χ3n) is 4.32. The van der Waals surface area contributed by atoms with E-state index in [2.05, 4.69) is 14.6 Å². The van der Waals surface area contributed by atoms with Crippen molar-refractivity contribution >= 4 is 10.0 Å². The van der Waals surface area contributed by atoms with Crippen LogP contribution in [0.4, 0.5) is 0 Å². The van der Waals surface area contributed by atoms with Gasteiger partial charge in [0.25, 0.3) is 0 Å². The van der Waals surface area contributed by atoms with Crippen LogP contribution in [0.25, 0.3) is 11.3 Å². The van der Waals surface area contributed by atoms with Crippen LogP contribution in [0.2, 0.25) is 0 Å². The Hall–Kier alpha value is -1.76. The van der Waals surface area contributed by atoms with Gasteiger partial charge in [0.15, 0.2) is 0 Å². The highest BCUT2D eigenvalue weighted by Crippen LogP contribution is 2.27. The summed E-state index contributed by atoms with van der Waals surface area (Å²) in [6.07, 6.45) is 4.38. The predicted molar refractivity (Wildman–Crippen MR) is 104 cm³/mol. The van der Waals surface area contributed by atoms with Crippen LogP contribution in [0.5, 0.6) is 0 Å². The number of nitrogens with zero attached hydrogens (tertiary/aromatic N) is 2. The van der Waals surface area contributed by atoms with E-state index >= 15 is 0 Å². The molecule has 0 aliphatic carbocycles. The van der Waals surface area contributed by atoms with Crippen LogP contribution in [0.1, 0.15) is 39.2 Å². The molecule has 1 aromatic heterocycles. The van der Waals surface area contributed by atoms with Crippen LogP contribution in [0.3, 0.4) is 0 Å². The summed E-state index contributed by atoms with van der Waals surface area (Å²) in [5.74, 6) is 0. The molecule has 0 atom stereocenters. The van der Waals surface area contributed by atoms with E-state index in [0.717, 1.165) is 25.2 Å². The minimum absolute atomic E-state index is 0.259. The summed E-state index contributed by atoms with van der Waals surface area (Å²) in [7, 11) is -3.62. The van der Waals surface area contributed by atoms with Gasteiger partial charge in [0.1, 0.15) is 0 Å². The number of sulfonamides is 1. The average Bonchev–Trinajstić information content (AvgIpc) is 3.06. The average molecular weight is 374 g/mol. The summed E-state index contributed by atoms with van der Waals surface area (Å²) in [5.41, 5.74) is 1.91. The first kappa shape index (κ1) is 19.0. The largest absolute Gasteiger partial charge is 0.299 e. The Balaban J connectivity index is 1.88. The van der Waals surface area contributed by atoms with Crippen LogP contribution in [-0.2, 0) is 16.6 Å². The van der Waals surface area contributed by atoms with Crippen molar-refractivity contribution in [2.45, 2.75) is 50.6 Å². The van der Waals surface area contributed by atoms with Crippen molar-refractivity contribution in [3.63, 3.8) is 0 Å². The molecule has 0 bridgehead atoms. The van der Waals surface area contributed by atoms with Crippen molar-refractivity contribution in [2.24, 2.45) is 0 Å². The number of nitrogens with one attached hydrogen (secondary N) is 1. The van der Waals surface area contributed by atoms with Crippen LogP contribution in [-0.4, -0.2) is 36.9 Å². The molecule has 140 valence electrons. The van der Waals surface area contributed by atoms with Crippen molar-refractivity contribution in [1.82, 2.24) is 14.6 Å². The monoisotopic (exact) mass is 373 g/mol. The smallest absolute Gasteiger partial charge is 0.241 e. The SMILES string of the molecule is CC(C)(C)NS(=O)(=O)c1ccccc1-c1ccc(CN2CCCC2)cn1. The highest BCUT2D eigenvalue weighted by Gasteiger charge is 2.25. The van der Waals surface area contributed by atoms with Gasteiger partial charge in [0.05, 0.1) is 10.6 Å². The number of hydrogen-bond donors (Lipinski definition) is 1. The van der Waals surface area contributed by atoms with Gasteiger partial charge in [-0.1, -0.05) is 24.3 Å². The van der Waals surface area contributed by atoms with Gasteiger partial charge in [0.2, 0.25) is 10.0 Å². The molecule has 6 heteroatoms. The molecule has 0 amide bonds. The summed E-state index contributed by atoms with van der Waals surface area (Å²) in [6, 6.07) is 11.0. The summed E-state index contributed by atoms with van der Waals surface area (Å²) >= 11 is 0. The van der Waals surface area contributed by atoms with Crippen molar-refractivity contribution in [2.75, 3.05) is 13.1 Å². The van der Waals surface area contributed by atoms with Crippen LogP contribution in [0, 0.1) is 0 Å². The molecule has 1 aromatic carbocycles. The Morgan fingerprint density at radius 2 is 1.77 bits per heavy atom. The van der Waals surface area contributed by atoms with Gasteiger partial charge in [-0.2, -0.15) is 0 Å². The van der Waals surface area contributed by atoms with E-state index < -0.39 is 15.6 Å². The van der Waals surface area contributed by atoms with Crippen LogP contribution in [0.15, 0.2) is 47.5 Å². The van der Waals surface area contributed by atoms with Crippen molar-refractivity contribution in [1.29, 1.82) is 0 Å². The molecule has 1 N–H and O–H groups in total. The van der Waals surface area contributed by atoms with Gasteiger partial charge in [0, 0.05) is 23.8 Å². The lowest BCUT2D eigenvalue weighted by Gasteiger charge is -2.21. The lowest BCUT2D eigenvalue weighted by molar-refractivity contribution is 0.331. The molecule has 2 aromatic rings. The van der Waals surface area contributed by atoms with E-state index in [-0.39, 0.29) is 4.90 Å². The van der Waals surface area contributed by atoms with Crippen LogP contribution >= 0.6 is 0 Å². The van der Waals surface area contributed by atoms with Gasteiger partial charge < -0.3 is 0 Å². The zero-order valence-electron chi connectivity index (χ0n) is 15.7. The fourth-order valence-electron chi connectivity index (χ4n) is 3.25. The fraction of sp³-hybridized carbons (Fsp3) is 0.450. The molecule has 1 aliphatic heterocycles. The standard InChI is InChI=1S/C20H27N3O2S/c1-20(2,3)22-26(24,25)19-9-5-4-8-17(19)18-11-10-16(14-21-18)15-23-12-6-7-13-23/h4-5,8-11,14,22H,6-7,12-13,15H2,1-3H3. The first-order chi connectivity index (χ1) is 12.2. The Bertz CT molecular complexity index is 849. The maximum atomic E-state index is 12.8. The lowest BCUT2D eigenvalue weighted by Crippen LogP contribution is -2.40. The van der Waals surface area contributed by atoms with Gasteiger partial charge in [-0.05, 0) is 64.4 Å². The Morgan fingerprint density at radius 1 is 1.08 bits per heavy atom. The molecular weight excluding hydrogens is 346 g/mol. The van der Waals surface area contributed by atoms with E-state index in [1.165, 1.54) is 12.8 Å². The molecule has 1 saturated heterocycles. The Morgan fingerprint density at radius 3 is 2.38 bits per heavy atom. The normalized spacial score (nSPS) is 16.1. The predicted octanol–water partition coefficient (Wildman–Crippen LogP) is 3.42. The third-order valence-corrected chi connectivity index (χ3v) is 6.14. The first-order valence-corrected chi connectivity index (χ1v) is 10.5. The third kappa shape index (κ3) is 4.69. The summed E-state index contributed by atoms with van der Waals surface area (Å²) in [6.45, 7) is 8.68. The van der Waals surface area contributed by atoms with Gasteiger partial charge in [-0.15, -0.1) is 0 Å². The second-order valence-electron chi connectivity index (χ2n) is 7.89. The number of benzene rings is 1. The Kier molecular flexibility index (Phi) is 5.46. The van der Waals surface area contributed by atoms with Crippen molar-refractivity contribution in [3.05, 3.63) is 48.2 Å².